The SMILES string of the molecule is CN=S1(=O)CCN(c2ccc(-c3nc4c(cc3Cl)nc(O[C@@H]3CO[C@@H]5C(O)CO[C@@H]53)n4COCC[S+](C)C)cc2)CC1. The second-order valence-electron chi connectivity index (χ2n) is 10.9. The summed E-state index contributed by atoms with van der Waals surface area (Å²) in [5, 5.41) is 10.6. The Balaban J connectivity index is 1.27. The van der Waals surface area contributed by atoms with Gasteiger partial charge in [0.25, 0.3) is 0 Å². The van der Waals surface area contributed by atoms with E-state index in [0.717, 1.165) is 17.0 Å². The fourth-order valence-electron chi connectivity index (χ4n) is 5.47. The molecule has 0 bridgehead atoms. The molecule has 1 unspecified atom stereocenters. The van der Waals surface area contributed by atoms with Crippen molar-refractivity contribution in [1.29, 1.82) is 0 Å². The van der Waals surface area contributed by atoms with Crippen LogP contribution in [0.4, 0.5) is 5.69 Å². The number of aliphatic hydroxyl groups is 1. The molecule has 3 fully saturated rings. The van der Waals surface area contributed by atoms with Gasteiger partial charge < -0.3 is 29.0 Å². The maximum atomic E-state index is 12.6. The van der Waals surface area contributed by atoms with Crippen molar-refractivity contribution in [2.75, 3.05) is 74.6 Å². The standard InChI is InChI=1S/C28H37ClN5O6S2/c1-30-42(36)12-8-33(9-13-42)19-6-4-18(5-7-19)24-20(29)14-21-27(32-24)34(17-37-10-11-41(2)3)28(31-21)40-23-16-39-25-22(35)15-38-26(23)25/h4-7,14,22-23,25-26,35H,8-13,15-17H2,1-3H3/q+1/t22?,23-,25-,26-/m1/s1. The number of aromatic nitrogens is 3. The number of fused-ring (bicyclic) bond motifs is 2. The summed E-state index contributed by atoms with van der Waals surface area (Å²) in [6.07, 6.45) is 2.50. The minimum atomic E-state index is -2.07. The highest BCUT2D eigenvalue weighted by Crippen LogP contribution is 2.34. The number of rotatable bonds is 9. The predicted molar refractivity (Wildman–Crippen MR) is 166 cm³/mol. The second-order valence-corrected chi connectivity index (χ2v) is 16.4. The Hall–Kier alpha value is -2.13. The van der Waals surface area contributed by atoms with Crippen molar-refractivity contribution >= 4 is 49.1 Å². The predicted octanol–water partition coefficient (Wildman–Crippen LogP) is 2.43. The van der Waals surface area contributed by atoms with E-state index < -0.39 is 28.0 Å². The molecule has 1 aromatic carbocycles. The molecule has 0 spiro atoms. The second kappa shape index (κ2) is 12.5. The van der Waals surface area contributed by atoms with E-state index in [0.29, 0.717) is 59.1 Å². The molecule has 3 aromatic rings. The lowest BCUT2D eigenvalue weighted by molar-refractivity contribution is 0.00344. The quantitative estimate of drug-likeness (QED) is 0.278. The van der Waals surface area contributed by atoms with Crippen LogP contribution in [-0.4, -0.2) is 118 Å². The van der Waals surface area contributed by atoms with Gasteiger partial charge in [0.15, 0.2) is 11.8 Å². The van der Waals surface area contributed by atoms with E-state index in [2.05, 4.69) is 21.8 Å². The van der Waals surface area contributed by atoms with Crippen molar-refractivity contribution < 1.29 is 28.3 Å². The lowest BCUT2D eigenvalue weighted by Crippen LogP contribution is -2.40. The largest absolute Gasteiger partial charge is 0.456 e. The summed E-state index contributed by atoms with van der Waals surface area (Å²) in [7, 11) is -0.168. The van der Waals surface area contributed by atoms with Crippen molar-refractivity contribution in [2.45, 2.75) is 31.1 Å². The van der Waals surface area contributed by atoms with E-state index in [4.69, 9.17) is 40.5 Å². The molecule has 6 rings (SSSR count). The van der Waals surface area contributed by atoms with Crippen molar-refractivity contribution in [3.63, 3.8) is 0 Å². The van der Waals surface area contributed by atoms with Crippen molar-refractivity contribution in [2.24, 2.45) is 4.36 Å². The molecule has 42 heavy (non-hydrogen) atoms. The summed E-state index contributed by atoms with van der Waals surface area (Å²) in [6, 6.07) is 10.2. The van der Waals surface area contributed by atoms with E-state index in [-0.39, 0.29) is 36.9 Å². The van der Waals surface area contributed by atoms with Crippen LogP contribution in [0.2, 0.25) is 5.02 Å². The third kappa shape index (κ3) is 6.10. The van der Waals surface area contributed by atoms with Gasteiger partial charge in [-0.3, -0.25) is 4.57 Å². The first-order valence-electron chi connectivity index (χ1n) is 14.0. The first kappa shape index (κ1) is 29.9. The maximum absolute atomic E-state index is 12.6. The molecule has 0 amide bonds. The van der Waals surface area contributed by atoms with Crippen molar-refractivity contribution in [3.05, 3.63) is 35.4 Å². The minimum absolute atomic E-state index is 0.212. The fourth-order valence-corrected chi connectivity index (χ4v) is 7.75. The molecular formula is C28H37ClN5O6S2+. The number of benzene rings is 1. The van der Waals surface area contributed by atoms with Gasteiger partial charge in [0, 0.05) is 52.6 Å². The molecule has 0 radical (unpaired) electrons. The molecule has 0 aliphatic carbocycles. The van der Waals surface area contributed by atoms with E-state index in [1.165, 1.54) is 0 Å². The van der Waals surface area contributed by atoms with Crippen LogP contribution in [0.5, 0.6) is 6.01 Å². The Morgan fingerprint density at radius 2 is 1.88 bits per heavy atom. The summed E-state index contributed by atoms with van der Waals surface area (Å²) in [5.74, 6) is 2.10. The van der Waals surface area contributed by atoms with Gasteiger partial charge in [0.2, 0.25) is 0 Å². The van der Waals surface area contributed by atoms with E-state index >= 15 is 0 Å². The molecule has 0 saturated carbocycles. The molecule has 11 nitrogen and oxygen atoms in total. The van der Waals surface area contributed by atoms with Crippen LogP contribution in [0, 0.1) is 0 Å². The topological polar surface area (TPSA) is 121 Å². The van der Waals surface area contributed by atoms with Crippen LogP contribution in [0.1, 0.15) is 0 Å². The van der Waals surface area contributed by atoms with E-state index in [1.54, 1.807) is 13.1 Å². The van der Waals surface area contributed by atoms with Crippen LogP contribution in [0.25, 0.3) is 22.4 Å². The molecule has 14 heteroatoms. The van der Waals surface area contributed by atoms with Crippen LogP contribution < -0.4 is 9.64 Å². The summed E-state index contributed by atoms with van der Waals surface area (Å²) in [5.41, 5.74) is 3.74. The highest BCUT2D eigenvalue weighted by atomic mass is 35.5. The number of hydrogen-bond donors (Lipinski definition) is 1. The van der Waals surface area contributed by atoms with Gasteiger partial charge in [-0.2, -0.15) is 4.98 Å². The third-order valence-corrected chi connectivity index (χ3v) is 11.5. The minimum Gasteiger partial charge on any atom is -0.456 e. The van der Waals surface area contributed by atoms with E-state index in [9.17, 15) is 9.32 Å². The normalized spacial score (nSPS) is 25.3. The number of halogens is 1. The van der Waals surface area contributed by atoms with Gasteiger partial charge >= 0.3 is 6.01 Å². The summed E-state index contributed by atoms with van der Waals surface area (Å²) in [6.45, 7) is 2.73. The molecule has 3 aliphatic heterocycles. The lowest BCUT2D eigenvalue weighted by atomic mass is 10.1. The van der Waals surface area contributed by atoms with Gasteiger partial charge in [-0.05, 0) is 29.1 Å². The molecule has 5 heterocycles. The first-order chi connectivity index (χ1) is 20.2. The Morgan fingerprint density at radius 1 is 1.14 bits per heavy atom. The van der Waals surface area contributed by atoms with Gasteiger partial charge in [-0.25, -0.2) is 13.6 Å². The van der Waals surface area contributed by atoms with E-state index in [1.807, 2.05) is 28.8 Å². The lowest BCUT2D eigenvalue weighted by Gasteiger charge is -2.30. The number of anilines is 1. The zero-order valence-electron chi connectivity index (χ0n) is 24.0. The number of pyridine rings is 1. The molecular weight excluding hydrogens is 602 g/mol. The highest BCUT2D eigenvalue weighted by Gasteiger charge is 2.49. The monoisotopic (exact) mass is 638 g/mol. The van der Waals surface area contributed by atoms with Crippen LogP contribution in [0.15, 0.2) is 34.7 Å². The van der Waals surface area contributed by atoms with Crippen molar-refractivity contribution in [3.8, 4) is 17.3 Å². The Kier molecular flexibility index (Phi) is 8.88. The first-order valence-corrected chi connectivity index (χ1v) is 18.4. The molecule has 4 atom stereocenters. The Labute approximate surface area is 254 Å². The molecule has 3 aliphatic rings. The van der Waals surface area contributed by atoms with Gasteiger partial charge in [-0.1, -0.05) is 23.7 Å². The van der Waals surface area contributed by atoms with Crippen LogP contribution in [-0.2, 0) is 41.6 Å². The summed E-state index contributed by atoms with van der Waals surface area (Å²) >= 11 is 6.75. The average molecular weight is 639 g/mol. The molecule has 3 saturated heterocycles. The number of imidazole rings is 1. The third-order valence-electron chi connectivity index (χ3n) is 7.93. The van der Waals surface area contributed by atoms with Crippen LogP contribution >= 0.6 is 11.6 Å². The smallest absolute Gasteiger partial charge is 0.301 e. The number of aliphatic hydroxyl groups excluding tert-OH is 1. The van der Waals surface area contributed by atoms with Gasteiger partial charge in [0.05, 0.1) is 43.0 Å². The Bertz CT molecular complexity index is 1530. The molecule has 228 valence electrons. The average Bonchev–Trinajstić information content (AvgIpc) is 3.66. The molecule has 2 aromatic heterocycles. The Morgan fingerprint density at radius 3 is 2.60 bits per heavy atom. The van der Waals surface area contributed by atoms with Gasteiger partial charge in [0.1, 0.15) is 36.3 Å². The molecule has 1 N–H and O–H groups in total. The van der Waals surface area contributed by atoms with Crippen molar-refractivity contribution in [1.82, 2.24) is 14.5 Å². The summed E-state index contributed by atoms with van der Waals surface area (Å²) in [4.78, 5) is 11.9. The zero-order chi connectivity index (χ0) is 29.4. The fraction of sp³-hybridized carbons (Fsp3) is 0.571. The zero-order valence-corrected chi connectivity index (χ0v) is 26.4. The van der Waals surface area contributed by atoms with Crippen LogP contribution in [0.3, 0.4) is 0 Å². The maximum Gasteiger partial charge on any atom is 0.301 e. The number of ether oxygens (including phenoxy) is 4. The number of nitrogens with zero attached hydrogens (tertiary/aromatic N) is 5. The number of hydrogen-bond acceptors (Lipinski definition) is 10. The van der Waals surface area contributed by atoms with Gasteiger partial charge in [-0.15, -0.1) is 0 Å². The highest BCUT2D eigenvalue weighted by molar-refractivity contribution is 7.95. The summed E-state index contributed by atoms with van der Waals surface area (Å²) < 4.78 is 42.4.